The Balaban J connectivity index is 2.26. The van der Waals surface area contributed by atoms with E-state index in [-0.39, 0.29) is 29.2 Å². The number of aromatic hydroxyl groups is 1. The third-order valence-electron chi connectivity index (χ3n) is 4.40. The molecule has 134 valence electrons. The normalized spacial score (nSPS) is 16.9. The van der Waals surface area contributed by atoms with E-state index in [1.807, 2.05) is 0 Å². The van der Waals surface area contributed by atoms with Crippen LogP contribution in [0.4, 0.5) is 5.69 Å². The molecule has 0 saturated carbocycles. The van der Waals surface area contributed by atoms with Gasteiger partial charge in [-0.05, 0) is 18.2 Å². The Morgan fingerprint density at radius 3 is 2.42 bits per heavy atom. The lowest BCUT2D eigenvalue weighted by atomic mass is 9.94. The molecule has 1 atom stereocenters. The van der Waals surface area contributed by atoms with Crippen LogP contribution in [-0.2, 0) is 9.59 Å². The van der Waals surface area contributed by atoms with Crippen LogP contribution in [0.15, 0.2) is 59.9 Å². The number of amides is 1. The maximum absolute atomic E-state index is 12.8. The molecule has 0 saturated heterocycles. The smallest absolute Gasteiger partial charge is 0.294 e. The van der Waals surface area contributed by atoms with E-state index in [4.69, 9.17) is 4.74 Å². The van der Waals surface area contributed by atoms with Crippen molar-refractivity contribution in [3.8, 4) is 11.5 Å². The van der Waals surface area contributed by atoms with Gasteiger partial charge in [-0.3, -0.25) is 14.5 Å². The summed E-state index contributed by atoms with van der Waals surface area (Å²) in [6.07, 6.45) is 0.132. The van der Waals surface area contributed by atoms with Gasteiger partial charge in [0.1, 0.15) is 11.5 Å². The molecule has 0 aliphatic carbocycles. The summed E-state index contributed by atoms with van der Waals surface area (Å²) in [5, 5.41) is 20.7. The zero-order chi connectivity index (χ0) is 18.8. The summed E-state index contributed by atoms with van der Waals surface area (Å²) in [6, 6.07) is 12.4. The summed E-state index contributed by atoms with van der Waals surface area (Å²) in [6.45, 7) is 1.66. The van der Waals surface area contributed by atoms with Crippen LogP contribution < -0.4 is 9.64 Å². The number of anilines is 1. The summed E-state index contributed by atoms with van der Waals surface area (Å²) in [4.78, 5) is 26.5. The third-order valence-corrected chi connectivity index (χ3v) is 4.40. The van der Waals surface area contributed by atoms with Crippen molar-refractivity contribution < 1.29 is 24.5 Å². The number of hydrogen-bond donors (Lipinski definition) is 2. The summed E-state index contributed by atoms with van der Waals surface area (Å²) in [5.41, 5.74) is 0.761. The average Bonchev–Trinajstić information content (AvgIpc) is 2.92. The van der Waals surface area contributed by atoms with Crippen molar-refractivity contribution in [2.75, 3.05) is 12.0 Å². The zero-order valence-electron chi connectivity index (χ0n) is 14.5. The molecule has 1 aliphatic heterocycles. The van der Waals surface area contributed by atoms with Crippen molar-refractivity contribution in [2.24, 2.45) is 0 Å². The fourth-order valence-corrected chi connectivity index (χ4v) is 3.18. The lowest BCUT2D eigenvalue weighted by Crippen LogP contribution is -2.31. The summed E-state index contributed by atoms with van der Waals surface area (Å²) in [5.74, 6) is -1.33. The van der Waals surface area contributed by atoms with Crippen LogP contribution in [0.25, 0.3) is 0 Å². The van der Waals surface area contributed by atoms with Crippen LogP contribution in [0, 0.1) is 0 Å². The van der Waals surface area contributed by atoms with Crippen molar-refractivity contribution in [3.05, 3.63) is 65.4 Å². The number of ether oxygens (including phenoxy) is 1. The van der Waals surface area contributed by atoms with Crippen LogP contribution in [0.5, 0.6) is 11.5 Å². The van der Waals surface area contributed by atoms with Crippen LogP contribution >= 0.6 is 0 Å². The third kappa shape index (κ3) is 2.69. The number of carbonyl (C=O) groups excluding carboxylic acids is 2. The van der Waals surface area contributed by atoms with Gasteiger partial charge in [0.05, 0.1) is 24.4 Å². The molecule has 0 bridgehead atoms. The summed E-state index contributed by atoms with van der Waals surface area (Å²) >= 11 is 0. The van der Waals surface area contributed by atoms with Crippen LogP contribution in [0.2, 0.25) is 0 Å². The van der Waals surface area contributed by atoms with E-state index in [0.717, 1.165) is 0 Å². The predicted molar refractivity (Wildman–Crippen MR) is 96.3 cm³/mol. The predicted octanol–water partition coefficient (Wildman–Crippen LogP) is 3.28. The van der Waals surface area contributed by atoms with Gasteiger partial charge in [-0.15, -0.1) is 0 Å². The minimum Gasteiger partial charge on any atom is -0.506 e. The molecule has 2 N–H and O–H groups in total. The van der Waals surface area contributed by atoms with Gasteiger partial charge in [0, 0.05) is 12.0 Å². The fraction of sp³-hybridized carbons (Fsp3) is 0.200. The number of benzene rings is 2. The molecule has 26 heavy (non-hydrogen) atoms. The number of carbonyl (C=O) groups is 2. The second kappa shape index (κ2) is 6.92. The first-order chi connectivity index (χ1) is 12.5. The number of ketones is 1. The Morgan fingerprint density at radius 2 is 1.77 bits per heavy atom. The van der Waals surface area contributed by atoms with Gasteiger partial charge in [0.25, 0.3) is 5.91 Å². The SMILES string of the molecule is CCC(=O)C1=C(O)C(=O)N(c2ccccc2O)C1c1ccccc1OC. The monoisotopic (exact) mass is 353 g/mol. The number of aliphatic hydroxyl groups excluding tert-OH is 1. The van der Waals surface area contributed by atoms with Crippen molar-refractivity contribution in [1.29, 1.82) is 0 Å². The Morgan fingerprint density at radius 1 is 1.12 bits per heavy atom. The maximum Gasteiger partial charge on any atom is 0.294 e. The molecule has 2 aromatic carbocycles. The Kier molecular flexibility index (Phi) is 4.67. The van der Waals surface area contributed by atoms with Crippen molar-refractivity contribution in [3.63, 3.8) is 0 Å². The molecule has 0 fully saturated rings. The van der Waals surface area contributed by atoms with Crippen molar-refractivity contribution in [1.82, 2.24) is 0 Å². The lowest BCUT2D eigenvalue weighted by molar-refractivity contribution is -0.118. The molecule has 0 aromatic heterocycles. The number of rotatable bonds is 5. The highest BCUT2D eigenvalue weighted by molar-refractivity contribution is 6.17. The van der Waals surface area contributed by atoms with E-state index in [9.17, 15) is 19.8 Å². The number of methoxy groups -OCH3 is 1. The Bertz CT molecular complexity index is 903. The molecule has 1 unspecified atom stereocenters. The number of hydrogen-bond acceptors (Lipinski definition) is 5. The molecule has 1 amide bonds. The molecule has 6 heteroatoms. The lowest BCUT2D eigenvalue weighted by Gasteiger charge is -2.28. The Hall–Kier alpha value is -3.28. The first-order valence-corrected chi connectivity index (χ1v) is 8.22. The first kappa shape index (κ1) is 17.5. The molecule has 3 rings (SSSR count). The van der Waals surface area contributed by atoms with Gasteiger partial charge >= 0.3 is 0 Å². The van der Waals surface area contributed by atoms with E-state index in [1.54, 1.807) is 49.4 Å². The van der Waals surface area contributed by atoms with Gasteiger partial charge in [0.2, 0.25) is 0 Å². The highest BCUT2D eigenvalue weighted by atomic mass is 16.5. The average molecular weight is 353 g/mol. The number of Topliss-reactive ketones (excluding diaryl/α,β-unsaturated/α-hetero) is 1. The van der Waals surface area contributed by atoms with E-state index in [2.05, 4.69) is 0 Å². The second-order valence-electron chi connectivity index (χ2n) is 5.85. The van der Waals surface area contributed by atoms with Crippen molar-refractivity contribution >= 4 is 17.4 Å². The van der Waals surface area contributed by atoms with Gasteiger partial charge in [0.15, 0.2) is 11.5 Å². The number of aliphatic hydroxyl groups is 1. The van der Waals surface area contributed by atoms with E-state index < -0.39 is 17.7 Å². The maximum atomic E-state index is 12.8. The molecule has 6 nitrogen and oxygen atoms in total. The quantitative estimate of drug-likeness (QED) is 0.861. The second-order valence-corrected chi connectivity index (χ2v) is 5.85. The molecular weight excluding hydrogens is 334 g/mol. The molecule has 2 aromatic rings. The molecular formula is C20H19NO5. The van der Waals surface area contributed by atoms with E-state index >= 15 is 0 Å². The van der Waals surface area contributed by atoms with E-state index in [1.165, 1.54) is 18.1 Å². The molecule has 0 radical (unpaired) electrons. The standard InChI is InChI=1S/C20H19NO5/c1-3-14(22)17-18(12-8-4-7-11-16(12)26-2)21(20(25)19(17)24)13-9-5-6-10-15(13)23/h4-11,18,23-24H,3H2,1-2H3. The van der Waals surface area contributed by atoms with E-state index in [0.29, 0.717) is 11.3 Å². The minimum atomic E-state index is -0.889. The molecule has 1 heterocycles. The Labute approximate surface area is 150 Å². The van der Waals surface area contributed by atoms with Crippen molar-refractivity contribution in [2.45, 2.75) is 19.4 Å². The van der Waals surface area contributed by atoms with Gasteiger partial charge < -0.3 is 14.9 Å². The highest BCUT2D eigenvalue weighted by Gasteiger charge is 2.45. The number of para-hydroxylation sites is 3. The van der Waals surface area contributed by atoms with Crippen LogP contribution in [-0.4, -0.2) is 29.0 Å². The van der Waals surface area contributed by atoms with Crippen LogP contribution in [0.1, 0.15) is 24.9 Å². The van der Waals surface area contributed by atoms with Crippen LogP contribution in [0.3, 0.4) is 0 Å². The topological polar surface area (TPSA) is 87.1 Å². The molecule has 0 spiro atoms. The van der Waals surface area contributed by atoms with Gasteiger partial charge in [-0.25, -0.2) is 0 Å². The first-order valence-electron chi connectivity index (χ1n) is 8.22. The number of phenols is 1. The highest BCUT2D eigenvalue weighted by Crippen LogP contribution is 2.46. The number of phenolic OH excluding ortho intramolecular Hbond substituents is 1. The summed E-state index contributed by atoms with van der Waals surface area (Å²) < 4.78 is 5.39. The fourth-order valence-electron chi connectivity index (χ4n) is 3.18. The molecule has 1 aliphatic rings. The minimum absolute atomic E-state index is 0.00486. The largest absolute Gasteiger partial charge is 0.506 e. The van der Waals surface area contributed by atoms with Gasteiger partial charge in [-0.2, -0.15) is 0 Å². The summed E-state index contributed by atoms with van der Waals surface area (Å²) in [7, 11) is 1.49. The van der Waals surface area contributed by atoms with Gasteiger partial charge in [-0.1, -0.05) is 37.3 Å². The zero-order valence-corrected chi connectivity index (χ0v) is 14.5. The number of nitrogens with zero attached hydrogens (tertiary/aromatic N) is 1.